The van der Waals surface area contributed by atoms with E-state index in [4.69, 9.17) is 5.84 Å². The fraction of sp³-hybridized carbons (Fsp3) is 0.571. The summed E-state index contributed by atoms with van der Waals surface area (Å²) in [6.45, 7) is 2.21. The first-order valence-electron chi connectivity index (χ1n) is 7.14. The van der Waals surface area contributed by atoms with E-state index >= 15 is 0 Å². The van der Waals surface area contributed by atoms with Gasteiger partial charge in [0.2, 0.25) is 0 Å². The SMILES string of the molecule is CC1CCCCCC1Nc1cccc(NN)c1[N+](=O)[O-]. The average molecular weight is 278 g/mol. The Morgan fingerprint density at radius 2 is 1.95 bits per heavy atom. The highest BCUT2D eigenvalue weighted by Crippen LogP contribution is 2.35. The molecule has 110 valence electrons. The van der Waals surface area contributed by atoms with Gasteiger partial charge in [-0.25, -0.2) is 0 Å². The number of nitrogen functional groups attached to an aromatic ring is 1. The van der Waals surface area contributed by atoms with E-state index in [0.717, 1.165) is 6.42 Å². The largest absolute Gasteiger partial charge is 0.376 e. The molecule has 0 spiro atoms. The molecular weight excluding hydrogens is 256 g/mol. The van der Waals surface area contributed by atoms with Crippen LogP contribution in [0.1, 0.15) is 39.0 Å². The lowest BCUT2D eigenvalue weighted by molar-refractivity contribution is -0.383. The van der Waals surface area contributed by atoms with Crippen molar-refractivity contribution in [2.24, 2.45) is 11.8 Å². The Balaban J connectivity index is 2.25. The van der Waals surface area contributed by atoms with Gasteiger partial charge in [-0.15, -0.1) is 0 Å². The van der Waals surface area contributed by atoms with Crippen LogP contribution in [0.3, 0.4) is 0 Å². The molecule has 4 N–H and O–H groups in total. The second kappa shape index (κ2) is 6.56. The zero-order chi connectivity index (χ0) is 14.5. The van der Waals surface area contributed by atoms with E-state index in [1.807, 2.05) is 0 Å². The fourth-order valence-corrected chi connectivity index (χ4v) is 2.88. The van der Waals surface area contributed by atoms with Gasteiger partial charge in [0.15, 0.2) is 0 Å². The summed E-state index contributed by atoms with van der Waals surface area (Å²) in [5, 5.41) is 14.6. The molecule has 1 fully saturated rings. The fourth-order valence-electron chi connectivity index (χ4n) is 2.88. The van der Waals surface area contributed by atoms with Crippen molar-refractivity contribution < 1.29 is 4.92 Å². The number of hydrogen-bond donors (Lipinski definition) is 3. The number of nitrogens with zero attached hydrogens (tertiary/aromatic N) is 1. The van der Waals surface area contributed by atoms with E-state index in [9.17, 15) is 10.1 Å². The Morgan fingerprint density at radius 3 is 2.65 bits per heavy atom. The number of rotatable bonds is 4. The Bertz CT molecular complexity index is 478. The molecule has 1 aliphatic rings. The topological polar surface area (TPSA) is 93.2 Å². The maximum Gasteiger partial charge on any atom is 0.316 e. The molecule has 2 unspecified atom stereocenters. The number of nitrogens with two attached hydrogens (primary N) is 1. The lowest BCUT2D eigenvalue weighted by Crippen LogP contribution is -2.26. The third-order valence-electron chi connectivity index (χ3n) is 4.08. The number of benzene rings is 1. The summed E-state index contributed by atoms with van der Waals surface area (Å²) in [5.74, 6) is 5.88. The van der Waals surface area contributed by atoms with Gasteiger partial charge in [0, 0.05) is 6.04 Å². The van der Waals surface area contributed by atoms with Gasteiger partial charge in [0.1, 0.15) is 11.4 Å². The molecule has 2 rings (SSSR count). The first-order chi connectivity index (χ1) is 9.63. The van der Waals surface area contributed by atoms with Crippen LogP contribution < -0.4 is 16.6 Å². The molecule has 0 saturated heterocycles. The van der Waals surface area contributed by atoms with Gasteiger partial charge in [-0.3, -0.25) is 16.0 Å². The van der Waals surface area contributed by atoms with Crippen molar-refractivity contribution >= 4 is 17.1 Å². The zero-order valence-electron chi connectivity index (χ0n) is 11.8. The van der Waals surface area contributed by atoms with E-state index < -0.39 is 0 Å². The minimum atomic E-state index is -0.390. The van der Waals surface area contributed by atoms with E-state index in [2.05, 4.69) is 17.7 Å². The molecule has 20 heavy (non-hydrogen) atoms. The van der Waals surface area contributed by atoms with Crippen molar-refractivity contribution in [1.82, 2.24) is 0 Å². The molecule has 6 nitrogen and oxygen atoms in total. The van der Waals surface area contributed by atoms with Crippen molar-refractivity contribution in [3.8, 4) is 0 Å². The van der Waals surface area contributed by atoms with Crippen LogP contribution in [0.2, 0.25) is 0 Å². The molecule has 0 aliphatic heterocycles. The molecule has 0 radical (unpaired) electrons. The summed E-state index contributed by atoms with van der Waals surface area (Å²) in [6, 6.07) is 5.41. The maximum absolute atomic E-state index is 11.3. The summed E-state index contributed by atoms with van der Waals surface area (Å²) in [4.78, 5) is 10.9. The summed E-state index contributed by atoms with van der Waals surface area (Å²) in [7, 11) is 0. The highest BCUT2D eigenvalue weighted by Gasteiger charge is 2.25. The summed E-state index contributed by atoms with van der Waals surface area (Å²) < 4.78 is 0. The van der Waals surface area contributed by atoms with Gasteiger partial charge in [0.05, 0.1) is 4.92 Å². The van der Waals surface area contributed by atoms with Crippen molar-refractivity contribution in [2.45, 2.75) is 45.1 Å². The normalized spacial score (nSPS) is 22.9. The third-order valence-corrected chi connectivity index (χ3v) is 4.08. The number of anilines is 2. The smallest absolute Gasteiger partial charge is 0.316 e. The average Bonchev–Trinajstić information content (AvgIpc) is 2.63. The van der Waals surface area contributed by atoms with Crippen LogP contribution in [0.25, 0.3) is 0 Å². The number of hydrazine groups is 1. The van der Waals surface area contributed by atoms with Crippen molar-refractivity contribution in [3.05, 3.63) is 28.3 Å². The molecule has 1 aromatic rings. The number of nitro groups is 1. The Morgan fingerprint density at radius 1 is 1.25 bits per heavy atom. The number of nitro benzene ring substituents is 1. The molecular formula is C14H22N4O2. The van der Waals surface area contributed by atoms with E-state index in [1.165, 1.54) is 25.7 Å². The Hall–Kier alpha value is -1.82. The summed E-state index contributed by atoms with van der Waals surface area (Å²) >= 11 is 0. The minimum absolute atomic E-state index is 0.0199. The van der Waals surface area contributed by atoms with Crippen LogP contribution in [0.4, 0.5) is 17.1 Å². The van der Waals surface area contributed by atoms with Crippen molar-refractivity contribution in [1.29, 1.82) is 0 Å². The van der Waals surface area contributed by atoms with Gasteiger partial charge in [-0.05, 0) is 30.9 Å². The number of para-hydroxylation sites is 1. The molecule has 1 saturated carbocycles. The van der Waals surface area contributed by atoms with Gasteiger partial charge < -0.3 is 10.7 Å². The Kier molecular flexibility index (Phi) is 4.79. The highest BCUT2D eigenvalue weighted by atomic mass is 16.6. The van der Waals surface area contributed by atoms with Gasteiger partial charge in [-0.1, -0.05) is 32.3 Å². The predicted molar refractivity (Wildman–Crippen MR) is 80.6 cm³/mol. The highest BCUT2D eigenvalue weighted by molar-refractivity contribution is 5.76. The first-order valence-corrected chi connectivity index (χ1v) is 7.14. The minimum Gasteiger partial charge on any atom is -0.376 e. The van der Waals surface area contributed by atoms with Crippen LogP contribution in [0.15, 0.2) is 18.2 Å². The van der Waals surface area contributed by atoms with Crippen LogP contribution in [0.5, 0.6) is 0 Å². The monoisotopic (exact) mass is 278 g/mol. The van der Waals surface area contributed by atoms with Gasteiger partial charge >= 0.3 is 5.69 Å². The lowest BCUT2D eigenvalue weighted by Gasteiger charge is -2.24. The molecule has 2 atom stereocenters. The Labute approximate surface area is 118 Å². The lowest BCUT2D eigenvalue weighted by atomic mass is 9.96. The number of nitrogens with one attached hydrogen (secondary N) is 2. The molecule has 0 bridgehead atoms. The third kappa shape index (κ3) is 3.19. The number of hydrogen-bond acceptors (Lipinski definition) is 5. The second-order valence-electron chi connectivity index (χ2n) is 5.47. The van der Waals surface area contributed by atoms with Gasteiger partial charge in [-0.2, -0.15) is 0 Å². The van der Waals surface area contributed by atoms with Crippen LogP contribution in [-0.2, 0) is 0 Å². The molecule has 6 heteroatoms. The summed E-state index contributed by atoms with van der Waals surface area (Å²) in [5.41, 5.74) is 3.30. The zero-order valence-corrected chi connectivity index (χ0v) is 11.8. The molecule has 1 aromatic carbocycles. The van der Waals surface area contributed by atoms with Crippen LogP contribution in [-0.4, -0.2) is 11.0 Å². The van der Waals surface area contributed by atoms with E-state index in [1.54, 1.807) is 18.2 Å². The first kappa shape index (κ1) is 14.6. The van der Waals surface area contributed by atoms with E-state index in [0.29, 0.717) is 17.3 Å². The predicted octanol–water partition coefficient (Wildman–Crippen LogP) is 3.26. The van der Waals surface area contributed by atoms with Crippen molar-refractivity contribution in [3.63, 3.8) is 0 Å². The maximum atomic E-state index is 11.3. The second-order valence-corrected chi connectivity index (χ2v) is 5.47. The molecule has 0 aromatic heterocycles. The molecule has 1 aliphatic carbocycles. The molecule has 0 heterocycles. The van der Waals surface area contributed by atoms with Crippen LogP contribution in [0, 0.1) is 16.0 Å². The van der Waals surface area contributed by atoms with Gasteiger partial charge in [0.25, 0.3) is 0 Å². The quantitative estimate of drug-likeness (QED) is 0.340. The molecule has 0 amide bonds. The summed E-state index contributed by atoms with van der Waals surface area (Å²) in [6.07, 6.45) is 5.88. The van der Waals surface area contributed by atoms with E-state index in [-0.39, 0.29) is 16.7 Å². The standard InChI is InChI=1S/C14H22N4O2/c1-10-6-3-2-4-7-11(10)16-12-8-5-9-13(17-15)14(12)18(19)20/h5,8-11,16-17H,2-4,6-7,15H2,1H3. The van der Waals surface area contributed by atoms with Crippen molar-refractivity contribution in [2.75, 3.05) is 10.7 Å². The van der Waals surface area contributed by atoms with Crippen LogP contribution >= 0.6 is 0 Å².